The van der Waals surface area contributed by atoms with E-state index in [0.29, 0.717) is 30.9 Å². The number of carbonyl (C=O) groups excluding carboxylic acids is 3. The summed E-state index contributed by atoms with van der Waals surface area (Å²) in [5, 5.41) is 17.3. The molecule has 3 aliphatic heterocycles. The highest BCUT2D eigenvalue weighted by Crippen LogP contribution is 2.45. The molecule has 1 aromatic heterocycles. The molecule has 6 rings (SSSR count). The first kappa shape index (κ1) is 33.3. The minimum atomic E-state index is -1.43. The lowest BCUT2D eigenvalue weighted by Crippen LogP contribution is -2.56. The number of nitrogens with zero attached hydrogens (tertiary/aromatic N) is 2. The van der Waals surface area contributed by atoms with E-state index in [9.17, 15) is 24.3 Å². The summed E-state index contributed by atoms with van der Waals surface area (Å²) in [7, 11) is 1.61. The van der Waals surface area contributed by atoms with Gasteiger partial charge in [0.15, 0.2) is 0 Å². The minimum Gasteiger partial charge on any atom is -0.496 e. The molecule has 48 heavy (non-hydrogen) atoms. The second-order valence-electron chi connectivity index (χ2n) is 14.1. The summed E-state index contributed by atoms with van der Waals surface area (Å²) in [5.41, 5.74) is -1.03. The van der Waals surface area contributed by atoms with Gasteiger partial charge in [0.1, 0.15) is 29.5 Å². The van der Waals surface area contributed by atoms with Crippen LogP contribution in [0.15, 0.2) is 42.6 Å². The maximum Gasteiger partial charge on any atom is 0.407 e. The zero-order chi connectivity index (χ0) is 34.1. The lowest BCUT2D eigenvalue weighted by atomic mass is 9.90. The van der Waals surface area contributed by atoms with E-state index in [1.54, 1.807) is 13.3 Å². The number of methoxy groups -OCH3 is 1. The van der Waals surface area contributed by atoms with Crippen molar-refractivity contribution in [3.63, 3.8) is 0 Å². The number of allylic oxidation sites excluding steroid dienone is 2. The van der Waals surface area contributed by atoms with E-state index in [1.807, 2.05) is 56.4 Å². The van der Waals surface area contributed by atoms with Crippen LogP contribution in [0.3, 0.4) is 0 Å². The molecule has 256 valence electrons. The third-order valence-electron chi connectivity index (χ3n) is 9.83. The normalized spacial score (nSPS) is 29.3. The Balaban J connectivity index is 1.39. The fourth-order valence-corrected chi connectivity index (χ4v) is 6.90. The molecular formula is C36H44N4O8. The number of aromatic nitrogens is 1. The zero-order valence-corrected chi connectivity index (χ0v) is 27.7. The van der Waals surface area contributed by atoms with E-state index < -0.39 is 53.0 Å². The van der Waals surface area contributed by atoms with Crippen LogP contribution in [0, 0.1) is 11.3 Å². The van der Waals surface area contributed by atoms with Gasteiger partial charge in [-0.05, 0) is 55.7 Å². The Bertz CT molecular complexity index is 1650. The SMILES string of the molecule is COc1cc2ccnc3c2cc1C=CCC(C)(C)COC(=O)N[C@H]1CCCCCC=C[C@@H]2C[C@@]2(C(=O)O)NC(=O)[C@@H]2C[C@H](CN2C1=O)O3. The van der Waals surface area contributed by atoms with Crippen LogP contribution in [-0.4, -0.2) is 82.9 Å². The number of alkyl carbamates (subject to hydrolysis) is 1. The predicted molar refractivity (Wildman–Crippen MR) is 177 cm³/mol. The minimum absolute atomic E-state index is 0.0432. The first-order valence-corrected chi connectivity index (χ1v) is 16.8. The van der Waals surface area contributed by atoms with Crippen LogP contribution in [-0.2, 0) is 19.1 Å². The van der Waals surface area contributed by atoms with Gasteiger partial charge in [-0.2, -0.15) is 0 Å². The molecule has 1 saturated heterocycles. The standard InChI is InChI=1S/C36H44N4O8/c1-35(2)14-9-10-23-16-26-22(17-29(23)46-3)13-15-37-31(26)48-25-18-28-30(41)39-36(33(43)44)19-24(36)11-7-5-4-6-8-12-27(32(42)40(28)20-25)38-34(45)47-21-35/h7,9-11,13,15-17,24-25,27-28H,4-6,8,12,14,18-21H2,1-3H3,(H,38,45)(H,39,41)(H,43,44)/t24-,25-,27+,28+,36-/m1/s1. The zero-order valence-electron chi connectivity index (χ0n) is 27.7. The van der Waals surface area contributed by atoms with Crippen molar-refractivity contribution in [2.45, 2.75) is 88.9 Å². The van der Waals surface area contributed by atoms with Crippen molar-refractivity contribution in [2.75, 3.05) is 20.3 Å². The number of carboxylic acid groups (broad SMARTS) is 1. The van der Waals surface area contributed by atoms with Crippen LogP contribution in [0.2, 0.25) is 0 Å². The number of hydrogen-bond donors (Lipinski definition) is 3. The number of pyridine rings is 1. The number of carbonyl (C=O) groups is 4. The molecule has 4 heterocycles. The van der Waals surface area contributed by atoms with Crippen LogP contribution >= 0.6 is 0 Å². The van der Waals surface area contributed by atoms with Crippen molar-refractivity contribution in [1.82, 2.24) is 20.5 Å². The van der Waals surface area contributed by atoms with Gasteiger partial charge in [0.2, 0.25) is 17.7 Å². The van der Waals surface area contributed by atoms with Gasteiger partial charge >= 0.3 is 12.1 Å². The van der Waals surface area contributed by atoms with Gasteiger partial charge in [0.05, 0.1) is 20.3 Å². The van der Waals surface area contributed by atoms with Gasteiger partial charge in [-0.1, -0.05) is 51.0 Å². The monoisotopic (exact) mass is 660 g/mol. The largest absolute Gasteiger partial charge is 0.496 e. The molecule has 1 saturated carbocycles. The van der Waals surface area contributed by atoms with Gasteiger partial charge in [0.25, 0.3) is 0 Å². The highest BCUT2D eigenvalue weighted by atomic mass is 16.5. The van der Waals surface area contributed by atoms with Crippen LogP contribution in [0.4, 0.5) is 4.79 Å². The summed E-state index contributed by atoms with van der Waals surface area (Å²) in [6, 6.07) is 3.74. The average Bonchev–Trinajstić information content (AvgIpc) is 3.59. The van der Waals surface area contributed by atoms with Gasteiger partial charge in [-0.15, -0.1) is 0 Å². The smallest absolute Gasteiger partial charge is 0.407 e. The third-order valence-corrected chi connectivity index (χ3v) is 9.83. The lowest BCUT2D eigenvalue weighted by molar-refractivity contribution is -0.145. The van der Waals surface area contributed by atoms with Crippen LogP contribution in [0.25, 0.3) is 16.8 Å². The van der Waals surface area contributed by atoms with Crippen molar-refractivity contribution in [2.24, 2.45) is 11.3 Å². The molecule has 2 fully saturated rings. The van der Waals surface area contributed by atoms with Crippen molar-refractivity contribution in [3.05, 3.63) is 48.2 Å². The average molecular weight is 661 g/mol. The summed E-state index contributed by atoms with van der Waals surface area (Å²) in [4.78, 5) is 59.7. The maximum atomic E-state index is 14.3. The fourth-order valence-electron chi connectivity index (χ4n) is 6.90. The molecule has 4 aliphatic rings. The van der Waals surface area contributed by atoms with E-state index in [-0.39, 0.29) is 31.9 Å². The lowest BCUT2D eigenvalue weighted by Gasteiger charge is -2.29. The Morgan fingerprint density at radius 1 is 1.15 bits per heavy atom. The topological polar surface area (TPSA) is 156 Å². The van der Waals surface area contributed by atoms with Gasteiger partial charge in [0, 0.05) is 34.9 Å². The Kier molecular flexibility index (Phi) is 9.35. The molecule has 0 spiro atoms. The molecule has 3 N–H and O–H groups in total. The fraction of sp³-hybridized carbons (Fsp3) is 0.528. The number of rotatable bonds is 2. The first-order valence-electron chi connectivity index (χ1n) is 16.8. The van der Waals surface area contributed by atoms with Crippen LogP contribution < -0.4 is 20.1 Å². The van der Waals surface area contributed by atoms with E-state index >= 15 is 0 Å². The Morgan fingerprint density at radius 2 is 1.98 bits per heavy atom. The number of carboxylic acids is 1. The van der Waals surface area contributed by atoms with Crippen LogP contribution in [0.1, 0.15) is 70.8 Å². The summed E-state index contributed by atoms with van der Waals surface area (Å²) >= 11 is 0. The molecule has 2 aromatic rings. The number of amides is 3. The number of fused-ring (bicyclic) bond motifs is 4. The summed E-state index contributed by atoms with van der Waals surface area (Å²) in [6.45, 7) is 4.13. The molecular weight excluding hydrogens is 616 g/mol. The number of cyclic esters (lactones) is 1. The van der Waals surface area contributed by atoms with E-state index in [1.165, 1.54) is 4.90 Å². The van der Waals surface area contributed by atoms with Crippen molar-refractivity contribution >= 4 is 40.7 Å². The number of ether oxygens (including phenoxy) is 3. The van der Waals surface area contributed by atoms with E-state index in [4.69, 9.17) is 14.2 Å². The van der Waals surface area contributed by atoms with E-state index in [2.05, 4.69) is 15.6 Å². The summed E-state index contributed by atoms with van der Waals surface area (Å²) in [6.07, 6.45) is 12.5. The van der Waals surface area contributed by atoms with Gasteiger partial charge in [-0.3, -0.25) is 9.59 Å². The number of nitrogens with one attached hydrogen (secondary N) is 2. The Morgan fingerprint density at radius 3 is 2.77 bits per heavy atom. The molecule has 1 aromatic carbocycles. The van der Waals surface area contributed by atoms with E-state index in [0.717, 1.165) is 35.6 Å². The summed E-state index contributed by atoms with van der Waals surface area (Å²) < 4.78 is 17.8. The first-order chi connectivity index (χ1) is 23.0. The molecule has 1 aliphatic carbocycles. The Labute approximate surface area is 279 Å². The van der Waals surface area contributed by atoms with Gasteiger partial charge in [-0.25, -0.2) is 14.6 Å². The highest BCUT2D eigenvalue weighted by molar-refractivity contribution is 5.96. The number of aliphatic carboxylic acids is 1. The number of hydrogen-bond acceptors (Lipinski definition) is 8. The number of benzene rings is 1. The molecule has 0 unspecified atom stereocenters. The third kappa shape index (κ3) is 6.97. The Hall–Kier alpha value is -4.61. The molecule has 5 bridgehead atoms. The quantitative estimate of drug-likeness (QED) is 0.392. The maximum absolute atomic E-state index is 14.3. The van der Waals surface area contributed by atoms with Crippen LogP contribution in [0.5, 0.6) is 11.6 Å². The predicted octanol–water partition coefficient (Wildman–Crippen LogP) is 4.61. The molecule has 5 atom stereocenters. The van der Waals surface area contributed by atoms with Crippen molar-refractivity contribution in [3.8, 4) is 11.6 Å². The van der Waals surface area contributed by atoms with Crippen molar-refractivity contribution < 1.29 is 38.5 Å². The molecule has 12 nitrogen and oxygen atoms in total. The van der Waals surface area contributed by atoms with Crippen molar-refractivity contribution in [1.29, 1.82) is 0 Å². The summed E-state index contributed by atoms with van der Waals surface area (Å²) in [5.74, 6) is -1.44. The second kappa shape index (κ2) is 13.5. The molecule has 12 heteroatoms. The molecule has 0 radical (unpaired) electrons. The highest BCUT2D eigenvalue weighted by Gasteiger charge is 2.61. The molecule has 3 amide bonds. The van der Waals surface area contributed by atoms with Gasteiger partial charge < -0.3 is 34.9 Å². The second-order valence-corrected chi connectivity index (χ2v) is 14.1.